The van der Waals surface area contributed by atoms with Gasteiger partial charge in [0.1, 0.15) is 17.1 Å². The summed E-state index contributed by atoms with van der Waals surface area (Å²) in [4.78, 5) is 9.30. The SMILES string of the molecule is Oc1ccc(Cc2nc3cccnc3n2C2CCCN2)cc1. The lowest BCUT2D eigenvalue weighted by atomic mass is 10.1. The number of nitrogens with one attached hydrogen (secondary N) is 1. The van der Waals surface area contributed by atoms with E-state index in [0.717, 1.165) is 41.9 Å². The Kier molecular flexibility index (Phi) is 3.27. The molecule has 5 heteroatoms. The van der Waals surface area contributed by atoms with Gasteiger partial charge in [0.2, 0.25) is 0 Å². The first-order valence-electron chi connectivity index (χ1n) is 7.64. The van der Waals surface area contributed by atoms with E-state index < -0.39 is 0 Å². The monoisotopic (exact) mass is 294 g/mol. The van der Waals surface area contributed by atoms with Crippen LogP contribution in [-0.2, 0) is 6.42 Å². The van der Waals surface area contributed by atoms with Crippen LogP contribution in [-0.4, -0.2) is 26.2 Å². The Bertz CT molecular complexity index is 788. The molecule has 2 aromatic heterocycles. The minimum atomic E-state index is 0.270. The van der Waals surface area contributed by atoms with E-state index in [1.54, 1.807) is 12.1 Å². The number of imidazole rings is 1. The van der Waals surface area contributed by atoms with Crippen molar-refractivity contribution in [2.24, 2.45) is 0 Å². The van der Waals surface area contributed by atoms with Crippen molar-refractivity contribution in [1.29, 1.82) is 0 Å². The summed E-state index contributed by atoms with van der Waals surface area (Å²) < 4.78 is 2.23. The molecule has 0 aliphatic carbocycles. The van der Waals surface area contributed by atoms with E-state index in [1.807, 2.05) is 30.5 Å². The number of nitrogens with zero attached hydrogens (tertiary/aromatic N) is 3. The number of rotatable bonds is 3. The van der Waals surface area contributed by atoms with Crippen LogP contribution in [0, 0.1) is 0 Å². The molecule has 3 aromatic rings. The van der Waals surface area contributed by atoms with Crippen molar-refractivity contribution in [2.75, 3.05) is 6.54 Å². The molecule has 1 aromatic carbocycles. The smallest absolute Gasteiger partial charge is 0.161 e. The molecule has 1 unspecified atom stereocenters. The van der Waals surface area contributed by atoms with Crippen LogP contribution < -0.4 is 5.32 Å². The molecule has 0 saturated carbocycles. The van der Waals surface area contributed by atoms with Crippen molar-refractivity contribution in [3.8, 4) is 5.75 Å². The van der Waals surface area contributed by atoms with Crippen molar-refractivity contribution in [3.05, 3.63) is 54.0 Å². The van der Waals surface area contributed by atoms with Crippen molar-refractivity contribution in [3.63, 3.8) is 0 Å². The summed E-state index contributed by atoms with van der Waals surface area (Å²) in [5.74, 6) is 1.30. The lowest BCUT2D eigenvalue weighted by molar-refractivity contribution is 0.464. The van der Waals surface area contributed by atoms with Crippen LogP contribution in [0.5, 0.6) is 5.75 Å². The van der Waals surface area contributed by atoms with Gasteiger partial charge in [-0.3, -0.25) is 9.88 Å². The number of aromatic nitrogens is 3. The maximum atomic E-state index is 9.42. The molecule has 0 amide bonds. The second kappa shape index (κ2) is 5.42. The predicted octanol–water partition coefficient (Wildman–Crippen LogP) is 2.61. The zero-order chi connectivity index (χ0) is 14.9. The predicted molar refractivity (Wildman–Crippen MR) is 84.7 cm³/mol. The zero-order valence-electron chi connectivity index (χ0n) is 12.2. The van der Waals surface area contributed by atoms with Gasteiger partial charge in [-0.1, -0.05) is 12.1 Å². The number of hydrogen-bond donors (Lipinski definition) is 2. The third-order valence-corrected chi connectivity index (χ3v) is 4.17. The lowest BCUT2D eigenvalue weighted by Gasteiger charge is -2.16. The molecule has 1 aliphatic heterocycles. The topological polar surface area (TPSA) is 63.0 Å². The molecule has 4 rings (SSSR count). The first kappa shape index (κ1) is 13.3. The second-order valence-corrected chi connectivity index (χ2v) is 5.70. The summed E-state index contributed by atoms with van der Waals surface area (Å²) in [6, 6.07) is 11.2. The molecule has 5 nitrogen and oxygen atoms in total. The first-order valence-corrected chi connectivity index (χ1v) is 7.64. The second-order valence-electron chi connectivity index (χ2n) is 5.70. The van der Waals surface area contributed by atoms with Crippen molar-refractivity contribution < 1.29 is 5.11 Å². The van der Waals surface area contributed by atoms with Crippen LogP contribution in [0.2, 0.25) is 0 Å². The van der Waals surface area contributed by atoms with Gasteiger partial charge in [0.05, 0.1) is 6.17 Å². The molecular weight excluding hydrogens is 276 g/mol. The van der Waals surface area contributed by atoms with E-state index in [9.17, 15) is 5.11 Å². The Morgan fingerprint density at radius 1 is 1.23 bits per heavy atom. The van der Waals surface area contributed by atoms with Gasteiger partial charge in [-0.15, -0.1) is 0 Å². The quantitative estimate of drug-likeness (QED) is 0.779. The fraction of sp³-hybridized carbons (Fsp3) is 0.294. The highest BCUT2D eigenvalue weighted by atomic mass is 16.3. The lowest BCUT2D eigenvalue weighted by Crippen LogP contribution is -2.22. The summed E-state index contributed by atoms with van der Waals surface area (Å²) in [5.41, 5.74) is 3.01. The maximum Gasteiger partial charge on any atom is 0.161 e. The van der Waals surface area contributed by atoms with E-state index in [2.05, 4.69) is 14.9 Å². The number of phenols is 1. The molecule has 22 heavy (non-hydrogen) atoms. The Morgan fingerprint density at radius 3 is 2.86 bits per heavy atom. The summed E-state index contributed by atoms with van der Waals surface area (Å²) in [6.07, 6.45) is 5.10. The van der Waals surface area contributed by atoms with E-state index in [0.29, 0.717) is 0 Å². The minimum Gasteiger partial charge on any atom is -0.508 e. The van der Waals surface area contributed by atoms with E-state index >= 15 is 0 Å². The zero-order valence-corrected chi connectivity index (χ0v) is 12.2. The highest BCUT2D eigenvalue weighted by Gasteiger charge is 2.22. The molecule has 112 valence electrons. The Labute approximate surface area is 128 Å². The van der Waals surface area contributed by atoms with Crippen LogP contribution in [0.25, 0.3) is 11.2 Å². The van der Waals surface area contributed by atoms with Gasteiger partial charge in [0.15, 0.2) is 5.65 Å². The molecule has 1 saturated heterocycles. The molecule has 1 fully saturated rings. The fourth-order valence-electron chi connectivity index (χ4n) is 3.11. The van der Waals surface area contributed by atoms with Gasteiger partial charge in [0, 0.05) is 12.6 Å². The van der Waals surface area contributed by atoms with Crippen LogP contribution >= 0.6 is 0 Å². The van der Waals surface area contributed by atoms with Crippen LogP contribution in [0.3, 0.4) is 0 Å². The summed E-state index contributed by atoms with van der Waals surface area (Å²) in [6.45, 7) is 1.04. The normalized spacial score (nSPS) is 18.1. The highest BCUT2D eigenvalue weighted by molar-refractivity contribution is 5.71. The fourth-order valence-corrected chi connectivity index (χ4v) is 3.11. The van der Waals surface area contributed by atoms with E-state index in [-0.39, 0.29) is 11.9 Å². The van der Waals surface area contributed by atoms with Gasteiger partial charge in [0.25, 0.3) is 0 Å². The highest BCUT2D eigenvalue weighted by Crippen LogP contribution is 2.25. The van der Waals surface area contributed by atoms with Crippen molar-refractivity contribution >= 4 is 11.2 Å². The number of fused-ring (bicyclic) bond motifs is 1. The number of benzene rings is 1. The summed E-state index contributed by atoms with van der Waals surface area (Å²) in [7, 11) is 0. The summed E-state index contributed by atoms with van der Waals surface area (Å²) >= 11 is 0. The molecule has 0 spiro atoms. The van der Waals surface area contributed by atoms with Gasteiger partial charge >= 0.3 is 0 Å². The molecule has 1 aliphatic rings. The molecule has 1 atom stereocenters. The van der Waals surface area contributed by atoms with Gasteiger partial charge in [-0.2, -0.15) is 0 Å². The largest absolute Gasteiger partial charge is 0.508 e. The summed E-state index contributed by atoms with van der Waals surface area (Å²) in [5, 5.41) is 13.0. The molecule has 0 bridgehead atoms. The first-order chi connectivity index (χ1) is 10.8. The van der Waals surface area contributed by atoms with Crippen molar-refractivity contribution in [2.45, 2.75) is 25.4 Å². The Balaban J connectivity index is 1.78. The van der Waals surface area contributed by atoms with Crippen molar-refractivity contribution in [1.82, 2.24) is 19.9 Å². The van der Waals surface area contributed by atoms with Gasteiger partial charge in [-0.25, -0.2) is 9.97 Å². The molecule has 2 N–H and O–H groups in total. The Morgan fingerprint density at radius 2 is 2.09 bits per heavy atom. The number of phenolic OH excluding ortho intramolecular Hbond substituents is 1. The molecule has 3 heterocycles. The van der Waals surface area contributed by atoms with Crippen LogP contribution in [0.4, 0.5) is 0 Å². The van der Waals surface area contributed by atoms with E-state index in [1.165, 1.54) is 6.42 Å². The molecular formula is C17H18N4O. The third kappa shape index (κ3) is 2.33. The third-order valence-electron chi connectivity index (χ3n) is 4.17. The number of hydrogen-bond acceptors (Lipinski definition) is 4. The maximum absolute atomic E-state index is 9.42. The van der Waals surface area contributed by atoms with Crippen LogP contribution in [0.1, 0.15) is 30.4 Å². The standard InChI is InChI=1S/C17H18N4O/c22-13-7-5-12(6-8-13)11-16-20-14-3-1-10-19-17(14)21(16)15-4-2-9-18-15/h1,3,5-8,10,15,18,22H,2,4,9,11H2. The minimum absolute atomic E-state index is 0.270. The number of aromatic hydroxyl groups is 1. The number of pyridine rings is 1. The molecule has 0 radical (unpaired) electrons. The average molecular weight is 294 g/mol. The average Bonchev–Trinajstić information content (AvgIpc) is 3.16. The van der Waals surface area contributed by atoms with Crippen LogP contribution in [0.15, 0.2) is 42.6 Å². The van der Waals surface area contributed by atoms with Gasteiger partial charge < -0.3 is 5.11 Å². The van der Waals surface area contributed by atoms with E-state index in [4.69, 9.17) is 4.98 Å². The Hall–Kier alpha value is -2.40. The van der Waals surface area contributed by atoms with Gasteiger partial charge in [-0.05, 0) is 49.2 Å².